The summed E-state index contributed by atoms with van der Waals surface area (Å²) in [5.74, 6) is 2.74. The molecule has 0 aliphatic heterocycles. The number of ether oxygens (including phenoxy) is 2. The van der Waals surface area contributed by atoms with E-state index in [0.29, 0.717) is 41.7 Å². The van der Waals surface area contributed by atoms with Gasteiger partial charge in [0.25, 0.3) is 0 Å². The van der Waals surface area contributed by atoms with E-state index in [4.69, 9.17) is 24.7 Å². The predicted molar refractivity (Wildman–Crippen MR) is 94.0 cm³/mol. The van der Waals surface area contributed by atoms with Crippen LogP contribution in [-0.2, 0) is 6.61 Å². The second-order valence-corrected chi connectivity index (χ2v) is 5.24. The lowest BCUT2D eigenvalue weighted by atomic mass is 10.1. The molecule has 6 nitrogen and oxygen atoms in total. The second-order valence-electron chi connectivity index (χ2n) is 5.24. The fraction of sp³-hybridized carbons (Fsp3) is 0.105. The molecule has 0 fully saturated rings. The van der Waals surface area contributed by atoms with E-state index in [-0.39, 0.29) is 0 Å². The third-order valence-electron chi connectivity index (χ3n) is 3.43. The second kappa shape index (κ2) is 7.92. The van der Waals surface area contributed by atoms with Gasteiger partial charge in [-0.1, -0.05) is 0 Å². The zero-order valence-corrected chi connectivity index (χ0v) is 13.4. The molecule has 0 saturated heterocycles. The fourth-order valence-electron chi connectivity index (χ4n) is 2.15. The van der Waals surface area contributed by atoms with Gasteiger partial charge in [0.1, 0.15) is 23.9 Å². The van der Waals surface area contributed by atoms with Gasteiger partial charge < -0.3 is 24.7 Å². The summed E-state index contributed by atoms with van der Waals surface area (Å²) in [4.78, 5) is 3.83. The summed E-state index contributed by atoms with van der Waals surface area (Å²) in [5, 5.41) is 14.9. The number of benzene rings is 2. The lowest BCUT2D eigenvalue weighted by molar-refractivity contribution is 0.270. The molecule has 3 aromatic rings. The van der Waals surface area contributed by atoms with Gasteiger partial charge in [-0.2, -0.15) is 0 Å². The molecule has 0 bridgehead atoms. The summed E-state index contributed by atoms with van der Waals surface area (Å²) < 4.78 is 16.5. The summed E-state index contributed by atoms with van der Waals surface area (Å²) in [6.45, 7) is 0.323. The Balaban J connectivity index is 1.57. The SMILES string of the molecule is N=CCC(=N)c1ccc(Oc2ccc(OCc3cnco3)cc2)cc1. The van der Waals surface area contributed by atoms with E-state index >= 15 is 0 Å². The topological polar surface area (TPSA) is 92.2 Å². The van der Waals surface area contributed by atoms with Crippen LogP contribution in [0.1, 0.15) is 17.7 Å². The van der Waals surface area contributed by atoms with Gasteiger partial charge >= 0.3 is 0 Å². The Labute approximate surface area is 145 Å². The van der Waals surface area contributed by atoms with Crippen LogP contribution in [-0.4, -0.2) is 16.9 Å². The molecular formula is C19H17N3O3. The Morgan fingerprint density at radius 2 is 1.64 bits per heavy atom. The van der Waals surface area contributed by atoms with Crippen LogP contribution in [0.5, 0.6) is 17.2 Å². The standard InChI is InChI=1S/C19H17N3O3/c20-10-9-19(21)14-1-3-16(4-2-14)25-17-7-5-15(6-8-17)23-12-18-11-22-13-24-18/h1-8,10-11,13,20-21H,9,12H2. The van der Waals surface area contributed by atoms with Gasteiger partial charge in [0.05, 0.1) is 6.20 Å². The zero-order valence-electron chi connectivity index (χ0n) is 13.4. The third-order valence-corrected chi connectivity index (χ3v) is 3.43. The monoisotopic (exact) mass is 335 g/mol. The average molecular weight is 335 g/mol. The average Bonchev–Trinajstić information content (AvgIpc) is 3.15. The van der Waals surface area contributed by atoms with Gasteiger partial charge in [-0.05, 0) is 54.1 Å². The maximum atomic E-state index is 7.82. The van der Waals surface area contributed by atoms with Crippen LogP contribution in [0.15, 0.2) is 65.5 Å². The lowest BCUT2D eigenvalue weighted by Gasteiger charge is -2.08. The maximum Gasteiger partial charge on any atom is 0.181 e. The molecule has 0 radical (unpaired) electrons. The third kappa shape index (κ3) is 4.54. The number of nitrogens with one attached hydrogen (secondary N) is 2. The number of aromatic nitrogens is 1. The van der Waals surface area contributed by atoms with Crippen molar-refractivity contribution < 1.29 is 13.9 Å². The predicted octanol–water partition coefficient (Wildman–Crippen LogP) is 4.45. The summed E-state index contributed by atoms with van der Waals surface area (Å²) >= 11 is 0. The van der Waals surface area contributed by atoms with Crippen LogP contribution in [0.4, 0.5) is 0 Å². The molecule has 0 spiro atoms. The highest BCUT2D eigenvalue weighted by Crippen LogP contribution is 2.24. The van der Waals surface area contributed by atoms with Crippen molar-refractivity contribution in [3.8, 4) is 17.2 Å². The number of hydrogen-bond donors (Lipinski definition) is 2. The summed E-state index contributed by atoms with van der Waals surface area (Å²) in [5.41, 5.74) is 1.20. The maximum absolute atomic E-state index is 7.82. The molecule has 0 aliphatic carbocycles. The van der Waals surface area contributed by atoms with Crippen molar-refractivity contribution in [2.24, 2.45) is 0 Å². The van der Waals surface area contributed by atoms with Crippen molar-refractivity contribution in [1.82, 2.24) is 4.98 Å². The van der Waals surface area contributed by atoms with E-state index in [0.717, 1.165) is 5.56 Å². The molecule has 126 valence electrons. The molecule has 0 amide bonds. The van der Waals surface area contributed by atoms with Gasteiger partial charge in [-0.15, -0.1) is 0 Å². The normalized spacial score (nSPS) is 10.2. The molecule has 6 heteroatoms. The molecule has 0 saturated carbocycles. The minimum Gasteiger partial charge on any atom is -0.486 e. The van der Waals surface area contributed by atoms with E-state index in [1.165, 1.54) is 12.6 Å². The minimum absolute atomic E-state index is 0.323. The Morgan fingerprint density at radius 1 is 1.00 bits per heavy atom. The first-order chi connectivity index (χ1) is 12.2. The van der Waals surface area contributed by atoms with Gasteiger partial charge in [-0.3, -0.25) is 0 Å². The number of oxazole rings is 1. The summed E-state index contributed by atoms with van der Waals surface area (Å²) in [6, 6.07) is 14.5. The molecule has 25 heavy (non-hydrogen) atoms. The highest BCUT2D eigenvalue weighted by Gasteiger charge is 2.03. The van der Waals surface area contributed by atoms with E-state index < -0.39 is 0 Å². The first kappa shape index (κ1) is 16.4. The minimum atomic E-state index is 0.323. The first-order valence-electron chi connectivity index (χ1n) is 7.69. The molecule has 0 unspecified atom stereocenters. The van der Waals surface area contributed by atoms with Gasteiger partial charge in [0.15, 0.2) is 12.2 Å². The highest BCUT2D eigenvalue weighted by molar-refractivity contribution is 6.04. The Hall–Kier alpha value is -3.41. The van der Waals surface area contributed by atoms with Gasteiger partial charge in [0, 0.05) is 18.3 Å². The van der Waals surface area contributed by atoms with Gasteiger partial charge in [0.2, 0.25) is 0 Å². The van der Waals surface area contributed by atoms with Crippen LogP contribution in [0.2, 0.25) is 0 Å². The van der Waals surface area contributed by atoms with Gasteiger partial charge in [-0.25, -0.2) is 4.98 Å². The number of rotatable bonds is 8. The largest absolute Gasteiger partial charge is 0.486 e. The molecule has 0 aliphatic rings. The zero-order chi connectivity index (χ0) is 17.5. The summed E-state index contributed by atoms with van der Waals surface area (Å²) in [7, 11) is 0. The Bertz CT molecular complexity index is 825. The number of hydrogen-bond acceptors (Lipinski definition) is 6. The van der Waals surface area contributed by atoms with Crippen LogP contribution >= 0.6 is 0 Å². The highest BCUT2D eigenvalue weighted by atomic mass is 16.5. The van der Waals surface area contributed by atoms with Crippen LogP contribution in [0.25, 0.3) is 0 Å². The van der Waals surface area contributed by atoms with Crippen molar-refractivity contribution in [2.75, 3.05) is 0 Å². The van der Waals surface area contributed by atoms with Crippen LogP contribution < -0.4 is 9.47 Å². The molecular weight excluding hydrogens is 318 g/mol. The number of nitrogens with zero attached hydrogens (tertiary/aromatic N) is 1. The Kier molecular flexibility index (Phi) is 5.21. The van der Waals surface area contributed by atoms with Crippen LogP contribution in [0.3, 0.4) is 0 Å². The molecule has 2 N–H and O–H groups in total. The quantitative estimate of drug-likeness (QED) is 0.595. The van der Waals surface area contributed by atoms with Crippen molar-refractivity contribution >= 4 is 11.9 Å². The molecule has 0 atom stereocenters. The molecule has 2 aromatic carbocycles. The van der Waals surface area contributed by atoms with E-state index in [1.54, 1.807) is 6.20 Å². The Morgan fingerprint density at radius 3 is 2.24 bits per heavy atom. The van der Waals surface area contributed by atoms with E-state index in [2.05, 4.69) is 4.98 Å². The van der Waals surface area contributed by atoms with E-state index in [9.17, 15) is 0 Å². The lowest BCUT2D eigenvalue weighted by Crippen LogP contribution is -1.98. The first-order valence-corrected chi connectivity index (χ1v) is 7.69. The van der Waals surface area contributed by atoms with Crippen molar-refractivity contribution in [2.45, 2.75) is 13.0 Å². The molecule has 3 rings (SSSR count). The molecule has 1 heterocycles. The van der Waals surface area contributed by atoms with Crippen LogP contribution in [0, 0.1) is 10.8 Å². The van der Waals surface area contributed by atoms with Crippen molar-refractivity contribution in [3.63, 3.8) is 0 Å². The summed E-state index contributed by atoms with van der Waals surface area (Å²) in [6.07, 6.45) is 4.53. The van der Waals surface area contributed by atoms with Crippen molar-refractivity contribution in [3.05, 3.63) is 72.4 Å². The fourth-order valence-corrected chi connectivity index (χ4v) is 2.15. The van der Waals surface area contributed by atoms with Crippen molar-refractivity contribution in [1.29, 1.82) is 10.8 Å². The molecule has 1 aromatic heterocycles. The van der Waals surface area contributed by atoms with E-state index in [1.807, 2.05) is 48.5 Å². The smallest absolute Gasteiger partial charge is 0.181 e.